The monoisotopic (exact) mass is 563 g/mol. The van der Waals surface area contributed by atoms with Crippen LogP contribution in [-0.4, -0.2) is 56.9 Å². The van der Waals surface area contributed by atoms with Gasteiger partial charge in [0, 0.05) is 31.3 Å². The fourth-order valence-corrected chi connectivity index (χ4v) is 5.28. The minimum Gasteiger partial charge on any atom is -0.507 e. The number of rotatable bonds is 6. The summed E-state index contributed by atoms with van der Waals surface area (Å²) in [6, 6.07) is 14.7. The lowest BCUT2D eigenvalue weighted by molar-refractivity contribution is -0.132. The highest BCUT2D eigenvalue weighted by atomic mass is 79.9. The van der Waals surface area contributed by atoms with E-state index < -0.39 is 0 Å². The number of nitrogens with zero attached hydrogens (tertiary/aromatic N) is 4. The van der Waals surface area contributed by atoms with Gasteiger partial charge in [0.1, 0.15) is 11.6 Å². The van der Waals surface area contributed by atoms with Crippen LogP contribution in [-0.2, 0) is 11.2 Å². The maximum Gasteiger partial charge on any atom is 0.231 e. The van der Waals surface area contributed by atoms with Gasteiger partial charge in [-0.3, -0.25) is 4.79 Å². The van der Waals surface area contributed by atoms with Crippen LogP contribution >= 0.6 is 15.9 Å². The van der Waals surface area contributed by atoms with Gasteiger partial charge in [-0.25, -0.2) is 4.98 Å². The summed E-state index contributed by atoms with van der Waals surface area (Å²) >= 11 is 3.53. The molecule has 2 aromatic heterocycles. The summed E-state index contributed by atoms with van der Waals surface area (Å²) < 4.78 is 13.3. The Bertz CT molecular complexity index is 1470. The predicted molar refractivity (Wildman–Crippen MR) is 142 cm³/mol. The first-order valence-corrected chi connectivity index (χ1v) is 13.1. The van der Waals surface area contributed by atoms with Crippen molar-refractivity contribution in [3.8, 4) is 28.5 Å². The second kappa shape index (κ2) is 9.93. The van der Waals surface area contributed by atoms with Gasteiger partial charge in [-0.05, 0) is 64.5 Å². The van der Waals surface area contributed by atoms with Gasteiger partial charge in [-0.2, -0.15) is 9.61 Å². The van der Waals surface area contributed by atoms with Crippen LogP contribution in [0.15, 0.2) is 59.2 Å². The molecular formula is C27H26BrN5O4. The molecule has 1 unspecified atom stereocenters. The number of carbonyl (C=O) groups excluding carboxylic acids is 1. The summed E-state index contributed by atoms with van der Waals surface area (Å²) in [6.45, 7) is 2.37. The van der Waals surface area contributed by atoms with Crippen molar-refractivity contribution in [2.45, 2.75) is 19.3 Å². The number of piperidine rings is 1. The van der Waals surface area contributed by atoms with E-state index in [1.165, 1.54) is 0 Å². The van der Waals surface area contributed by atoms with Gasteiger partial charge in [0.05, 0.1) is 22.8 Å². The Labute approximate surface area is 222 Å². The number of para-hydroxylation sites is 1. The predicted octanol–water partition coefficient (Wildman–Crippen LogP) is 4.49. The van der Waals surface area contributed by atoms with Gasteiger partial charge >= 0.3 is 0 Å². The Kier molecular flexibility index (Phi) is 6.33. The molecule has 10 heteroatoms. The number of halogens is 1. The minimum absolute atomic E-state index is 0.118. The van der Waals surface area contributed by atoms with E-state index >= 15 is 0 Å². The third kappa shape index (κ3) is 4.81. The largest absolute Gasteiger partial charge is 0.507 e. The lowest BCUT2D eigenvalue weighted by atomic mass is 9.97. The summed E-state index contributed by atoms with van der Waals surface area (Å²) in [7, 11) is 0. The number of ether oxygens (including phenoxy) is 2. The lowest BCUT2D eigenvalue weighted by Crippen LogP contribution is -2.42. The number of hydrogen-bond donors (Lipinski definition) is 2. The molecule has 0 radical (unpaired) electrons. The Morgan fingerprint density at radius 1 is 1.16 bits per heavy atom. The molecule has 4 heterocycles. The average Bonchev–Trinajstić information content (AvgIpc) is 3.54. The number of benzene rings is 2. The van der Waals surface area contributed by atoms with Crippen molar-refractivity contribution < 1.29 is 19.4 Å². The molecule has 0 bridgehead atoms. The van der Waals surface area contributed by atoms with Gasteiger partial charge in [0.2, 0.25) is 12.7 Å². The molecule has 0 aliphatic carbocycles. The van der Waals surface area contributed by atoms with E-state index in [4.69, 9.17) is 14.5 Å². The van der Waals surface area contributed by atoms with Crippen molar-refractivity contribution >= 4 is 33.3 Å². The van der Waals surface area contributed by atoms with Crippen LogP contribution < -0.4 is 14.8 Å². The number of nitrogens with one attached hydrogen (secondary N) is 1. The van der Waals surface area contributed by atoms with E-state index in [-0.39, 0.29) is 18.4 Å². The lowest BCUT2D eigenvalue weighted by Gasteiger charge is -2.33. The van der Waals surface area contributed by atoms with Crippen molar-refractivity contribution in [3.05, 3.63) is 64.8 Å². The summed E-state index contributed by atoms with van der Waals surface area (Å²) in [6.07, 6.45) is 4.04. The molecule has 9 nitrogen and oxygen atoms in total. The van der Waals surface area contributed by atoms with Crippen molar-refractivity contribution in [1.29, 1.82) is 0 Å². The number of carbonyl (C=O) groups is 1. The van der Waals surface area contributed by atoms with Crippen LogP contribution in [0.2, 0.25) is 0 Å². The zero-order valence-corrected chi connectivity index (χ0v) is 21.6. The Hall–Kier alpha value is -3.79. The topological polar surface area (TPSA) is 101 Å². The molecule has 2 aromatic carbocycles. The zero-order chi connectivity index (χ0) is 25.4. The van der Waals surface area contributed by atoms with E-state index in [2.05, 4.69) is 26.3 Å². The first-order valence-electron chi connectivity index (χ1n) is 12.3. The van der Waals surface area contributed by atoms with Crippen molar-refractivity contribution in [2.24, 2.45) is 5.92 Å². The average molecular weight is 564 g/mol. The second-order valence-electron chi connectivity index (χ2n) is 9.36. The highest BCUT2D eigenvalue weighted by Crippen LogP contribution is 2.33. The molecule has 190 valence electrons. The molecule has 0 saturated carbocycles. The first kappa shape index (κ1) is 23.6. The zero-order valence-electron chi connectivity index (χ0n) is 20.1. The number of anilines is 1. The molecule has 37 heavy (non-hydrogen) atoms. The van der Waals surface area contributed by atoms with Crippen LogP contribution in [0, 0.1) is 5.92 Å². The number of phenolic OH excluding ortho intramolecular Hbond substituents is 1. The highest BCUT2D eigenvalue weighted by Gasteiger charge is 2.25. The van der Waals surface area contributed by atoms with E-state index in [9.17, 15) is 9.90 Å². The van der Waals surface area contributed by atoms with Gasteiger partial charge in [-0.15, -0.1) is 0 Å². The fraction of sp³-hybridized carbons (Fsp3) is 0.296. The van der Waals surface area contributed by atoms with Crippen molar-refractivity contribution in [1.82, 2.24) is 19.5 Å². The van der Waals surface area contributed by atoms with E-state index in [0.29, 0.717) is 48.1 Å². The van der Waals surface area contributed by atoms with Crippen LogP contribution in [0.3, 0.4) is 0 Å². The van der Waals surface area contributed by atoms with Crippen LogP contribution in [0.1, 0.15) is 18.4 Å². The van der Waals surface area contributed by atoms with Crippen LogP contribution in [0.5, 0.6) is 17.2 Å². The quantitative estimate of drug-likeness (QED) is 0.356. The number of phenols is 1. The number of fused-ring (bicyclic) bond motifs is 2. The smallest absolute Gasteiger partial charge is 0.231 e. The van der Waals surface area contributed by atoms with E-state index in [1.54, 1.807) is 22.8 Å². The summed E-state index contributed by atoms with van der Waals surface area (Å²) in [5, 5.41) is 18.3. The molecule has 4 aromatic rings. The molecule has 6 rings (SSSR count). The Balaban J connectivity index is 1.15. The van der Waals surface area contributed by atoms with E-state index in [0.717, 1.165) is 41.0 Å². The van der Waals surface area contributed by atoms with Gasteiger partial charge in [0.15, 0.2) is 17.1 Å². The van der Waals surface area contributed by atoms with Gasteiger partial charge in [-0.1, -0.05) is 18.2 Å². The SMILES string of the molecule is O=C(Cc1ccc2c(c1)OCO2)N1CCCC(CNc2cc(-c3ccccc3O)nc3c(Br)cnn23)C1. The molecular weight excluding hydrogens is 538 g/mol. The highest BCUT2D eigenvalue weighted by molar-refractivity contribution is 9.10. The Morgan fingerprint density at radius 3 is 2.92 bits per heavy atom. The molecule has 2 aliphatic heterocycles. The molecule has 2 aliphatic rings. The molecule has 1 fully saturated rings. The number of aromatic hydroxyl groups is 1. The first-order chi connectivity index (χ1) is 18.0. The molecule has 1 atom stereocenters. The third-order valence-electron chi connectivity index (χ3n) is 6.84. The third-order valence-corrected chi connectivity index (χ3v) is 7.40. The van der Waals surface area contributed by atoms with Crippen molar-refractivity contribution in [3.63, 3.8) is 0 Å². The molecule has 2 N–H and O–H groups in total. The normalized spacial score (nSPS) is 16.8. The molecule has 0 spiro atoms. The number of likely N-dealkylation sites (tertiary alicyclic amines) is 1. The number of amides is 1. The minimum atomic E-state index is 0.118. The van der Waals surface area contributed by atoms with Crippen LogP contribution in [0.4, 0.5) is 5.82 Å². The summed E-state index contributed by atoms with van der Waals surface area (Å²) in [4.78, 5) is 19.7. The maximum absolute atomic E-state index is 13.1. The number of hydrogen-bond acceptors (Lipinski definition) is 7. The van der Waals surface area contributed by atoms with E-state index in [1.807, 2.05) is 41.3 Å². The second-order valence-corrected chi connectivity index (χ2v) is 10.2. The molecule has 1 saturated heterocycles. The fourth-order valence-electron chi connectivity index (χ4n) is 4.93. The van der Waals surface area contributed by atoms with Gasteiger partial charge in [0.25, 0.3) is 0 Å². The molecule has 1 amide bonds. The van der Waals surface area contributed by atoms with Crippen LogP contribution in [0.25, 0.3) is 16.9 Å². The summed E-state index contributed by atoms with van der Waals surface area (Å²) in [5.41, 5.74) is 2.89. The number of aromatic nitrogens is 3. The maximum atomic E-state index is 13.1. The van der Waals surface area contributed by atoms with Gasteiger partial charge < -0.3 is 24.8 Å². The Morgan fingerprint density at radius 2 is 2.03 bits per heavy atom. The summed E-state index contributed by atoms with van der Waals surface area (Å²) in [5.74, 6) is 2.78. The van der Waals surface area contributed by atoms with Crippen molar-refractivity contribution in [2.75, 3.05) is 31.7 Å². The standard InChI is InChI=1S/C27H26BrN5O4/c28-20-14-30-33-25(12-21(31-27(20)33)19-5-1-2-6-22(19)34)29-13-18-4-3-9-32(15-18)26(35)11-17-7-8-23-24(10-17)37-16-36-23/h1-2,5-8,10,12,14,18,29,34H,3-4,9,11,13,15-16H2.